The highest BCUT2D eigenvalue weighted by molar-refractivity contribution is 7.89. The number of methoxy groups -OCH3 is 1. The van der Waals surface area contributed by atoms with Crippen LogP contribution in [0.5, 0.6) is 0 Å². The number of hydrogen-bond acceptors (Lipinski definition) is 6. The molecule has 0 saturated carbocycles. The molecule has 136 valence electrons. The molecular formula is C16H21N3O4S2. The summed E-state index contributed by atoms with van der Waals surface area (Å²) in [5.41, 5.74) is 1.44. The van der Waals surface area contributed by atoms with Crippen LogP contribution in [0.4, 0.5) is 5.13 Å². The number of rotatable bonds is 7. The van der Waals surface area contributed by atoms with Gasteiger partial charge in [-0.2, -0.15) is 0 Å². The van der Waals surface area contributed by atoms with Crippen LogP contribution in [-0.4, -0.2) is 50.9 Å². The Bertz CT molecular complexity index is 825. The van der Waals surface area contributed by atoms with Crippen LogP contribution in [0.25, 0.3) is 11.3 Å². The molecule has 1 heterocycles. The van der Waals surface area contributed by atoms with E-state index in [2.05, 4.69) is 10.3 Å². The van der Waals surface area contributed by atoms with Crippen LogP contribution in [-0.2, 0) is 19.6 Å². The normalized spacial score (nSPS) is 13.0. The molecule has 0 fully saturated rings. The molecule has 0 saturated heterocycles. The van der Waals surface area contributed by atoms with Crippen molar-refractivity contribution in [2.24, 2.45) is 0 Å². The summed E-state index contributed by atoms with van der Waals surface area (Å²) in [5.74, 6) is -0.238. The standard InChI is InChI=1S/C16H21N3O4S2/c1-5-14(23-4)15(20)18-16-17-13(10-24-16)11-6-8-12(9-7-11)25(21,22)19(2)3/h6-10,14H,5H2,1-4H3,(H,17,18,20). The van der Waals surface area contributed by atoms with E-state index in [0.717, 1.165) is 5.56 Å². The third-order valence-corrected chi connectivity index (χ3v) is 6.20. The van der Waals surface area contributed by atoms with Gasteiger partial charge in [-0.3, -0.25) is 10.1 Å². The Hall–Kier alpha value is -1.81. The number of ether oxygens (including phenoxy) is 1. The molecule has 0 bridgehead atoms. The average molecular weight is 383 g/mol. The molecule has 1 unspecified atom stereocenters. The maximum absolute atomic E-state index is 12.1. The van der Waals surface area contributed by atoms with E-state index in [4.69, 9.17) is 4.74 Å². The molecular weight excluding hydrogens is 362 g/mol. The molecule has 0 aliphatic carbocycles. The Labute approximate surface area is 151 Å². The van der Waals surface area contributed by atoms with E-state index in [9.17, 15) is 13.2 Å². The van der Waals surface area contributed by atoms with Crippen LogP contribution < -0.4 is 5.32 Å². The molecule has 9 heteroatoms. The Balaban J connectivity index is 2.16. The van der Waals surface area contributed by atoms with Gasteiger partial charge < -0.3 is 4.74 Å². The zero-order valence-electron chi connectivity index (χ0n) is 14.5. The molecule has 1 atom stereocenters. The highest BCUT2D eigenvalue weighted by atomic mass is 32.2. The summed E-state index contributed by atoms with van der Waals surface area (Å²) in [6, 6.07) is 6.47. The first-order valence-electron chi connectivity index (χ1n) is 7.61. The second kappa shape index (κ2) is 8.05. The minimum Gasteiger partial charge on any atom is -0.372 e. The Morgan fingerprint density at radius 1 is 1.32 bits per heavy atom. The van der Waals surface area contributed by atoms with Crippen LogP contribution in [0.3, 0.4) is 0 Å². The first-order valence-corrected chi connectivity index (χ1v) is 9.93. The van der Waals surface area contributed by atoms with E-state index in [1.807, 2.05) is 6.92 Å². The van der Waals surface area contributed by atoms with Gasteiger partial charge in [0.15, 0.2) is 5.13 Å². The maximum atomic E-state index is 12.1. The lowest BCUT2D eigenvalue weighted by atomic mass is 10.2. The molecule has 1 amide bonds. The predicted octanol–water partition coefficient (Wildman–Crippen LogP) is 2.42. The van der Waals surface area contributed by atoms with Crippen LogP contribution in [0.1, 0.15) is 13.3 Å². The third kappa shape index (κ3) is 4.43. The lowest BCUT2D eigenvalue weighted by Crippen LogP contribution is -2.28. The zero-order chi connectivity index (χ0) is 18.6. The summed E-state index contributed by atoms with van der Waals surface area (Å²) in [5, 5.41) is 5.00. The van der Waals surface area contributed by atoms with Crippen molar-refractivity contribution in [1.82, 2.24) is 9.29 Å². The molecule has 7 nitrogen and oxygen atoms in total. The SMILES string of the molecule is CCC(OC)C(=O)Nc1nc(-c2ccc(S(=O)(=O)N(C)C)cc2)cs1. The number of amides is 1. The summed E-state index contributed by atoms with van der Waals surface area (Å²) in [7, 11) is 1.01. The van der Waals surface area contributed by atoms with Crippen LogP contribution in [0.15, 0.2) is 34.5 Å². The quantitative estimate of drug-likeness (QED) is 0.793. The average Bonchev–Trinajstić information content (AvgIpc) is 3.04. The van der Waals surface area contributed by atoms with Crippen LogP contribution in [0.2, 0.25) is 0 Å². The number of thiazole rings is 1. The van der Waals surface area contributed by atoms with Crippen molar-refractivity contribution in [2.75, 3.05) is 26.5 Å². The van der Waals surface area contributed by atoms with Gasteiger partial charge in [0.25, 0.3) is 5.91 Å². The number of nitrogens with zero attached hydrogens (tertiary/aromatic N) is 2. The molecule has 0 radical (unpaired) electrons. The smallest absolute Gasteiger partial charge is 0.255 e. The van der Waals surface area contributed by atoms with Gasteiger partial charge in [-0.1, -0.05) is 19.1 Å². The summed E-state index contributed by atoms with van der Waals surface area (Å²) < 4.78 is 30.4. The van der Waals surface area contributed by atoms with Gasteiger partial charge >= 0.3 is 0 Å². The first kappa shape index (κ1) is 19.5. The summed E-state index contributed by atoms with van der Waals surface area (Å²) >= 11 is 1.30. The minimum atomic E-state index is -3.46. The van der Waals surface area contributed by atoms with E-state index < -0.39 is 16.1 Å². The number of benzene rings is 1. The number of anilines is 1. The topological polar surface area (TPSA) is 88.6 Å². The van der Waals surface area contributed by atoms with E-state index in [1.54, 1.807) is 29.6 Å². The molecule has 0 aliphatic heterocycles. The van der Waals surface area contributed by atoms with E-state index in [-0.39, 0.29) is 10.8 Å². The van der Waals surface area contributed by atoms with Gasteiger partial charge in [-0.05, 0) is 18.6 Å². The molecule has 2 aromatic rings. The molecule has 25 heavy (non-hydrogen) atoms. The highest BCUT2D eigenvalue weighted by Crippen LogP contribution is 2.26. The van der Waals surface area contributed by atoms with Crippen molar-refractivity contribution >= 4 is 32.4 Å². The van der Waals surface area contributed by atoms with Gasteiger partial charge in [-0.25, -0.2) is 17.7 Å². The number of nitrogens with one attached hydrogen (secondary N) is 1. The second-order valence-electron chi connectivity index (χ2n) is 5.47. The van der Waals surface area contributed by atoms with E-state index in [1.165, 1.54) is 36.8 Å². The Morgan fingerprint density at radius 3 is 2.48 bits per heavy atom. The molecule has 1 N–H and O–H groups in total. The molecule has 2 rings (SSSR count). The lowest BCUT2D eigenvalue weighted by molar-refractivity contribution is -0.125. The fourth-order valence-corrected chi connectivity index (χ4v) is 3.74. The number of carbonyl (C=O) groups is 1. The van der Waals surface area contributed by atoms with E-state index >= 15 is 0 Å². The second-order valence-corrected chi connectivity index (χ2v) is 8.48. The summed E-state index contributed by atoms with van der Waals surface area (Å²) in [6.07, 6.45) is 0.0606. The predicted molar refractivity (Wildman–Crippen MR) is 98.1 cm³/mol. The van der Waals surface area contributed by atoms with Crippen molar-refractivity contribution in [3.05, 3.63) is 29.6 Å². The monoisotopic (exact) mass is 383 g/mol. The number of hydrogen-bond donors (Lipinski definition) is 1. The lowest BCUT2D eigenvalue weighted by Gasteiger charge is -2.11. The molecule has 1 aromatic carbocycles. The molecule has 1 aromatic heterocycles. The fraction of sp³-hybridized carbons (Fsp3) is 0.375. The minimum absolute atomic E-state index is 0.218. The molecule has 0 spiro atoms. The van der Waals surface area contributed by atoms with Crippen molar-refractivity contribution in [1.29, 1.82) is 0 Å². The van der Waals surface area contributed by atoms with Crippen LogP contribution in [0, 0.1) is 0 Å². The fourth-order valence-electron chi connectivity index (χ4n) is 2.12. The summed E-state index contributed by atoms with van der Waals surface area (Å²) in [4.78, 5) is 16.6. The molecule has 0 aliphatic rings. The largest absolute Gasteiger partial charge is 0.372 e. The van der Waals surface area contributed by atoms with Crippen LogP contribution >= 0.6 is 11.3 Å². The number of sulfonamides is 1. The Kier molecular flexibility index (Phi) is 6.28. The first-order chi connectivity index (χ1) is 11.8. The third-order valence-electron chi connectivity index (χ3n) is 3.61. The van der Waals surface area contributed by atoms with Gasteiger partial charge in [0.1, 0.15) is 6.10 Å². The van der Waals surface area contributed by atoms with Crippen molar-refractivity contribution in [3.8, 4) is 11.3 Å². The Morgan fingerprint density at radius 2 is 1.96 bits per heavy atom. The number of aromatic nitrogens is 1. The van der Waals surface area contributed by atoms with Gasteiger partial charge in [-0.15, -0.1) is 11.3 Å². The van der Waals surface area contributed by atoms with Gasteiger partial charge in [0.05, 0.1) is 10.6 Å². The maximum Gasteiger partial charge on any atom is 0.255 e. The van der Waals surface area contributed by atoms with Gasteiger partial charge in [0.2, 0.25) is 10.0 Å². The zero-order valence-corrected chi connectivity index (χ0v) is 16.1. The van der Waals surface area contributed by atoms with Crippen molar-refractivity contribution < 1.29 is 17.9 Å². The summed E-state index contributed by atoms with van der Waals surface area (Å²) in [6.45, 7) is 1.87. The van der Waals surface area contributed by atoms with Crippen molar-refractivity contribution in [2.45, 2.75) is 24.3 Å². The van der Waals surface area contributed by atoms with Crippen molar-refractivity contribution in [3.63, 3.8) is 0 Å². The van der Waals surface area contributed by atoms with E-state index in [0.29, 0.717) is 17.2 Å². The highest BCUT2D eigenvalue weighted by Gasteiger charge is 2.18. The van der Waals surface area contributed by atoms with Gasteiger partial charge in [0, 0.05) is 32.1 Å². The number of carbonyl (C=O) groups excluding carboxylic acids is 1.